The van der Waals surface area contributed by atoms with Crippen molar-refractivity contribution >= 4 is 41.8 Å². The number of aliphatic hydroxyl groups is 1. The molecule has 0 saturated carbocycles. The number of anilines is 1. The Morgan fingerprint density at radius 1 is 1.04 bits per heavy atom. The first-order chi connectivity index (χ1) is 23.9. The lowest BCUT2D eigenvalue weighted by Crippen LogP contribution is -2.45. The zero-order valence-corrected chi connectivity index (χ0v) is 31.1. The number of carbonyl (C=O) groups is 2. The van der Waals surface area contributed by atoms with Gasteiger partial charge in [0.25, 0.3) is 11.5 Å². The number of hydrogen-bond donors (Lipinski definition) is 1. The summed E-state index contributed by atoms with van der Waals surface area (Å²) in [6.45, 7) is 5.43. The third kappa shape index (κ3) is 6.57. The summed E-state index contributed by atoms with van der Waals surface area (Å²) in [6, 6.07) is 25.7. The molecule has 3 heterocycles. The fourth-order valence-corrected chi connectivity index (χ4v) is 10.6. The molecular formula is C38H41BrFN3O6Si. The summed E-state index contributed by atoms with van der Waals surface area (Å²) in [4.78, 5) is 44.9. The van der Waals surface area contributed by atoms with Crippen LogP contribution in [0.15, 0.2) is 100 Å². The maximum atomic E-state index is 16.4. The highest BCUT2D eigenvalue weighted by molar-refractivity contribution is 9.10. The first kappa shape index (κ1) is 35.7. The molecule has 2 aliphatic rings. The average Bonchev–Trinajstić information content (AvgIpc) is 3.51. The third-order valence-corrected chi connectivity index (χ3v) is 12.8. The minimum Gasteiger partial charge on any atom is -0.491 e. The summed E-state index contributed by atoms with van der Waals surface area (Å²) in [5.74, 6) is -0.971. The molecule has 12 heteroatoms. The van der Waals surface area contributed by atoms with Gasteiger partial charge in [-0.3, -0.25) is 19.0 Å². The van der Waals surface area contributed by atoms with Gasteiger partial charge >= 0.3 is 0 Å². The molecule has 2 aliphatic heterocycles. The average molecular weight is 763 g/mol. The van der Waals surface area contributed by atoms with Crippen molar-refractivity contribution in [3.8, 4) is 11.4 Å². The summed E-state index contributed by atoms with van der Waals surface area (Å²) in [5, 5.41) is 9.80. The molecule has 0 unspecified atom stereocenters. The molecule has 0 bridgehead atoms. The van der Waals surface area contributed by atoms with E-state index in [-0.39, 0.29) is 55.8 Å². The Kier molecular flexibility index (Phi) is 10.2. The van der Waals surface area contributed by atoms with Crippen molar-refractivity contribution in [2.45, 2.75) is 56.8 Å². The van der Waals surface area contributed by atoms with E-state index in [9.17, 15) is 19.5 Å². The van der Waals surface area contributed by atoms with Crippen LogP contribution in [0.3, 0.4) is 0 Å². The van der Waals surface area contributed by atoms with Crippen molar-refractivity contribution in [2.24, 2.45) is 5.92 Å². The molecule has 9 nitrogen and oxygen atoms in total. The molecule has 1 aromatic heterocycles. The van der Waals surface area contributed by atoms with Gasteiger partial charge in [-0.2, -0.15) is 0 Å². The standard InChI is InChI=1S/C38H41BrFN3O6Si/c1-25-35(50(3,4)40)33(22-34(45)41(18-19-44)23-26-10-6-5-7-11-26)49-38(25)30-21-28(39)15-16-31(30)43(37(38)47)24-27-12-8-13-29(20-27)42-17-9-14-32(48-2)36(42)46/h5-17,20-21,25,33,35,44H,18-19,22-24H2,1-4H3/t25-,33+,35-,38+/m0/s1. The third-order valence-electron chi connectivity index (χ3n) is 9.90. The highest BCUT2D eigenvalue weighted by atomic mass is 79.9. The quantitative estimate of drug-likeness (QED) is 0.142. The maximum absolute atomic E-state index is 16.4. The monoisotopic (exact) mass is 761 g/mol. The number of aliphatic hydroxyl groups excluding tert-OH is 1. The summed E-state index contributed by atoms with van der Waals surface area (Å²) in [6.07, 6.45) is 0.671. The molecule has 2 amide bonds. The van der Waals surface area contributed by atoms with E-state index in [0.717, 1.165) is 15.6 Å². The van der Waals surface area contributed by atoms with Crippen LogP contribution >= 0.6 is 15.9 Å². The van der Waals surface area contributed by atoms with E-state index in [0.29, 0.717) is 16.9 Å². The van der Waals surface area contributed by atoms with Gasteiger partial charge < -0.3 is 28.5 Å². The molecule has 50 heavy (non-hydrogen) atoms. The van der Waals surface area contributed by atoms with Crippen LogP contribution in [-0.4, -0.2) is 61.2 Å². The van der Waals surface area contributed by atoms with Crippen molar-refractivity contribution in [1.82, 2.24) is 9.47 Å². The van der Waals surface area contributed by atoms with Gasteiger partial charge in [-0.15, -0.1) is 0 Å². The summed E-state index contributed by atoms with van der Waals surface area (Å²) >= 11 is 3.58. The molecule has 1 spiro atoms. The number of ether oxygens (including phenoxy) is 2. The summed E-state index contributed by atoms with van der Waals surface area (Å²) in [7, 11) is -2.08. The number of methoxy groups -OCH3 is 1. The zero-order chi connectivity index (χ0) is 35.8. The van der Waals surface area contributed by atoms with Gasteiger partial charge in [0.15, 0.2) is 11.4 Å². The first-order valence-corrected chi connectivity index (χ1v) is 20.4. The molecule has 1 saturated heterocycles. The number of fused-ring (bicyclic) bond motifs is 2. The molecule has 1 fully saturated rings. The second-order valence-electron chi connectivity index (χ2n) is 13.5. The molecule has 1 N–H and O–H groups in total. The van der Waals surface area contributed by atoms with Crippen molar-refractivity contribution in [2.75, 3.05) is 25.2 Å². The minimum absolute atomic E-state index is 0.117. The Morgan fingerprint density at radius 2 is 1.78 bits per heavy atom. The number of hydrogen-bond acceptors (Lipinski definition) is 6. The summed E-state index contributed by atoms with van der Waals surface area (Å²) in [5.41, 5.74) is 1.06. The van der Waals surface area contributed by atoms with Crippen molar-refractivity contribution in [1.29, 1.82) is 0 Å². The van der Waals surface area contributed by atoms with E-state index in [4.69, 9.17) is 9.47 Å². The predicted octanol–water partition coefficient (Wildman–Crippen LogP) is 6.34. The Balaban J connectivity index is 1.35. The lowest BCUT2D eigenvalue weighted by Gasteiger charge is -2.31. The van der Waals surface area contributed by atoms with E-state index in [1.54, 1.807) is 41.2 Å². The number of pyridine rings is 1. The van der Waals surface area contributed by atoms with E-state index in [2.05, 4.69) is 15.9 Å². The number of aromatic nitrogens is 1. The highest BCUT2D eigenvalue weighted by Gasteiger charge is 2.67. The minimum atomic E-state index is -3.53. The normalized spacial score (nSPS) is 21.5. The number of benzene rings is 3. The number of carbonyl (C=O) groups excluding carboxylic acids is 2. The molecule has 3 aromatic carbocycles. The molecule has 262 valence electrons. The lowest BCUT2D eigenvalue weighted by molar-refractivity contribution is -0.150. The topological polar surface area (TPSA) is 101 Å². The second-order valence-corrected chi connectivity index (χ2v) is 18.2. The van der Waals surface area contributed by atoms with E-state index in [1.807, 2.05) is 79.7 Å². The van der Waals surface area contributed by atoms with Gasteiger partial charge in [0.1, 0.15) is 0 Å². The van der Waals surface area contributed by atoms with Crippen LogP contribution < -0.4 is 15.2 Å². The Labute approximate surface area is 300 Å². The van der Waals surface area contributed by atoms with Gasteiger partial charge in [0.2, 0.25) is 14.3 Å². The fourth-order valence-electron chi connectivity index (χ4n) is 7.71. The maximum Gasteiger partial charge on any atom is 0.297 e. The van der Waals surface area contributed by atoms with Crippen molar-refractivity contribution in [3.63, 3.8) is 0 Å². The fraction of sp³-hybridized carbons (Fsp3) is 0.342. The summed E-state index contributed by atoms with van der Waals surface area (Å²) < 4.78 is 30.7. The molecular weight excluding hydrogens is 721 g/mol. The van der Waals surface area contributed by atoms with Gasteiger partial charge in [-0.05, 0) is 66.7 Å². The van der Waals surface area contributed by atoms with Gasteiger partial charge in [0, 0.05) is 46.5 Å². The molecule has 6 rings (SSSR count). The lowest BCUT2D eigenvalue weighted by atomic mass is 9.82. The number of nitrogens with zero attached hydrogens (tertiary/aromatic N) is 3. The van der Waals surface area contributed by atoms with Gasteiger partial charge in [-0.25, -0.2) is 0 Å². The van der Waals surface area contributed by atoms with Crippen LogP contribution in [0.4, 0.5) is 9.80 Å². The Morgan fingerprint density at radius 3 is 2.48 bits per heavy atom. The molecule has 4 atom stereocenters. The number of halogens is 2. The number of amides is 2. The Hall–Kier alpha value is -4.10. The molecule has 0 radical (unpaired) electrons. The van der Waals surface area contributed by atoms with Crippen LogP contribution in [-0.2, 0) is 33.0 Å². The van der Waals surface area contributed by atoms with Crippen molar-refractivity contribution in [3.05, 3.63) is 123 Å². The largest absolute Gasteiger partial charge is 0.491 e. The molecule has 4 aromatic rings. The smallest absolute Gasteiger partial charge is 0.297 e. The predicted molar refractivity (Wildman–Crippen MR) is 196 cm³/mol. The van der Waals surface area contributed by atoms with Gasteiger partial charge in [0.05, 0.1) is 38.5 Å². The van der Waals surface area contributed by atoms with Crippen molar-refractivity contribution < 1.29 is 28.3 Å². The van der Waals surface area contributed by atoms with E-state index in [1.165, 1.54) is 11.7 Å². The van der Waals surface area contributed by atoms with Crippen LogP contribution in [0.1, 0.15) is 30.0 Å². The van der Waals surface area contributed by atoms with Crippen LogP contribution in [0.2, 0.25) is 18.6 Å². The second kappa shape index (κ2) is 14.3. The first-order valence-electron chi connectivity index (χ1n) is 16.6. The van der Waals surface area contributed by atoms with E-state index < -0.39 is 31.6 Å². The molecule has 0 aliphatic carbocycles. The van der Waals surface area contributed by atoms with E-state index >= 15 is 4.11 Å². The van der Waals surface area contributed by atoms with Crippen LogP contribution in [0.5, 0.6) is 5.75 Å². The van der Waals surface area contributed by atoms with Gasteiger partial charge in [-0.1, -0.05) is 65.3 Å². The van der Waals surface area contributed by atoms with Crippen LogP contribution in [0, 0.1) is 5.92 Å². The van der Waals surface area contributed by atoms with Crippen LogP contribution in [0.25, 0.3) is 5.69 Å². The zero-order valence-electron chi connectivity index (χ0n) is 28.5. The number of rotatable bonds is 11. The Bertz CT molecular complexity index is 1950. The highest BCUT2D eigenvalue weighted by Crippen LogP contribution is 2.60. The SMILES string of the molecule is COc1cccn(-c2cccc(CN3C(=O)[C@]4(O[C@H](CC(=O)N(CCO)Cc5ccccc5)[C@@H]([Si](C)(C)F)[C@@H]4C)c4cc(Br)ccc43)c2)c1=O.